The first-order valence-electron chi connectivity index (χ1n) is 19.1. The van der Waals surface area contributed by atoms with E-state index in [0.29, 0.717) is 44.1 Å². The number of carbonyl (C=O) groups excluding carboxylic acids is 5. The number of ether oxygens (including phenoxy) is 6. The second-order valence-electron chi connectivity index (χ2n) is 18.0. The van der Waals surface area contributed by atoms with Gasteiger partial charge in [0.15, 0.2) is 6.29 Å². The van der Waals surface area contributed by atoms with Crippen molar-refractivity contribution >= 4 is 29.8 Å². The lowest BCUT2D eigenvalue weighted by molar-refractivity contribution is -0.226. The molecule has 0 aromatic heterocycles. The number of hydrogen-bond acceptors (Lipinski definition) is 12. The molecule has 288 valence electrons. The standard InChI is InChI=1S/C39H60O12/c1-9-12-46-25(4)49-31(42)35(7,10-2)21-37(15-24(3)48-33(37)44)22-36(8,32(43)50-28-11-13-47-29(28)40)20-34(5,6)30(41)51-39-18-26-14-27(19-39)17-38(45,16-26)23-39/h24-28,45H,9-23H2,1-8H3. The Morgan fingerprint density at radius 3 is 2.12 bits per heavy atom. The fraction of sp³-hybridized carbons (Fsp3) is 0.872. The average molecular weight is 721 g/mol. The van der Waals surface area contributed by atoms with Gasteiger partial charge in [-0.25, -0.2) is 4.79 Å². The lowest BCUT2D eigenvalue weighted by Gasteiger charge is -2.59. The number of esters is 5. The van der Waals surface area contributed by atoms with Gasteiger partial charge in [-0.2, -0.15) is 0 Å². The smallest absolute Gasteiger partial charge is 0.347 e. The monoisotopic (exact) mass is 720 g/mol. The topological polar surface area (TPSA) is 161 Å². The number of cyclic esters (lactones) is 2. The average Bonchev–Trinajstić information content (AvgIpc) is 3.53. The Morgan fingerprint density at radius 1 is 0.941 bits per heavy atom. The van der Waals surface area contributed by atoms with Crippen LogP contribution >= 0.6 is 0 Å². The van der Waals surface area contributed by atoms with Crippen molar-refractivity contribution in [3.63, 3.8) is 0 Å². The third-order valence-corrected chi connectivity index (χ3v) is 12.3. The van der Waals surface area contributed by atoms with E-state index < -0.39 is 81.2 Å². The molecule has 6 fully saturated rings. The molecule has 0 radical (unpaired) electrons. The Balaban J connectivity index is 1.44. The summed E-state index contributed by atoms with van der Waals surface area (Å²) in [6, 6.07) is 0. The van der Waals surface area contributed by atoms with E-state index in [4.69, 9.17) is 28.4 Å². The Kier molecular flexibility index (Phi) is 11.0. The van der Waals surface area contributed by atoms with Crippen LogP contribution in [0.2, 0.25) is 0 Å². The van der Waals surface area contributed by atoms with Crippen molar-refractivity contribution in [2.75, 3.05) is 13.2 Å². The van der Waals surface area contributed by atoms with Gasteiger partial charge in [0.2, 0.25) is 6.10 Å². The van der Waals surface area contributed by atoms with Gasteiger partial charge in [0, 0.05) is 19.3 Å². The van der Waals surface area contributed by atoms with Crippen molar-refractivity contribution in [2.24, 2.45) is 33.5 Å². The molecule has 12 nitrogen and oxygen atoms in total. The molecule has 2 aliphatic heterocycles. The molecule has 4 bridgehead atoms. The van der Waals surface area contributed by atoms with Gasteiger partial charge in [0.05, 0.1) is 40.5 Å². The van der Waals surface area contributed by atoms with Gasteiger partial charge >= 0.3 is 29.8 Å². The molecule has 2 heterocycles. The highest BCUT2D eigenvalue weighted by atomic mass is 16.7. The summed E-state index contributed by atoms with van der Waals surface area (Å²) in [4.78, 5) is 68.8. The predicted molar refractivity (Wildman–Crippen MR) is 182 cm³/mol. The predicted octanol–water partition coefficient (Wildman–Crippen LogP) is 5.73. The highest BCUT2D eigenvalue weighted by molar-refractivity contribution is 5.87. The summed E-state index contributed by atoms with van der Waals surface area (Å²) in [5.41, 5.74) is -6.83. The summed E-state index contributed by atoms with van der Waals surface area (Å²) in [6.07, 6.45) is 3.24. The van der Waals surface area contributed by atoms with Crippen molar-refractivity contribution in [3.8, 4) is 0 Å². The van der Waals surface area contributed by atoms with Crippen LogP contribution in [0, 0.1) is 33.5 Å². The third kappa shape index (κ3) is 8.26. The minimum Gasteiger partial charge on any atom is -0.463 e. The van der Waals surface area contributed by atoms with Gasteiger partial charge in [-0.3, -0.25) is 19.2 Å². The van der Waals surface area contributed by atoms with E-state index in [1.54, 1.807) is 41.5 Å². The highest BCUT2D eigenvalue weighted by Gasteiger charge is 2.62. The zero-order valence-electron chi connectivity index (χ0n) is 31.9. The molecular weight excluding hydrogens is 660 g/mol. The Hall–Kier alpha value is -2.73. The van der Waals surface area contributed by atoms with Gasteiger partial charge in [-0.1, -0.05) is 13.8 Å². The molecule has 2 saturated heterocycles. The number of aliphatic hydroxyl groups is 1. The van der Waals surface area contributed by atoms with E-state index in [9.17, 15) is 29.1 Å². The summed E-state index contributed by atoms with van der Waals surface area (Å²) < 4.78 is 34.3. The molecule has 4 saturated carbocycles. The zero-order chi connectivity index (χ0) is 37.6. The van der Waals surface area contributed by atoms with Crippen LogP contribution in [0.5, 0.6) is 0 Å². The second kappa shape index (κ2) is 14.3. The van der Waals surface area contributed by atoms with Crippen molar-refractivity contribution in [3.05, 3.63) is 0 Å². The molecule has 12 heteroatoms. The van der Waals surface area contributed by atoms with Crippen LogP contribution in [0.3, 0.4) is 0 Å². The Morgan fingerprint density at radius 2 is 1.59 bits per heavy atom. The first kappa shape index (κ1) is 39.5. The zero-order valence-corrected chi connectivity index (χ0v) is 31.9. The maximum Gasteiger partial charge on any atom is 0.347 e. The molecule has 6 aliphatic rings. The maximum atomic E-state index is 14.4. The Labute approximate surface area is 302 Å². The van der Waals surface area contributed by atoms with E-state index in [1.165, 1.54) is 0 Å². The van der Waals surface area contributed by atoms with Crippen molar-refractivity contribution in [1.29, 1.82) is 0 Å². The van der Waals surface area contributed by atoms with E-state index in [0.717, 1.165) is 25.7 Å². The maximum absolute atomic E-state index is 14.4. The van der Waals surface area contributed by atoms with Gasteiger partial charge in [-0.15, -0.1) is 0 Å². The number of carbonyl (C=O) groups is 5. The third-order valence-electron chi connectivity index (χ3n) is 12.3. The van der Waals surface area contributed by atoms with Crippen LogP contribution in [-0.2, 0) is 52.4 Å². The molecular formula is C39H60O12. The van der Waals surface area contributed by atoms with Crippen molar-refractivity contribution < 1.29 is 57.5 Å². The molecule has 8 atom stereocenters. The van der Waals surface area contributed by atoms with Gasteiger partial charge in [0.25, 0.3) is 0 Å². The molecule has 0 spiro atoms. The molecule has 4 aliphatic carbocycles. The molecule has 51 heavy (non-hydrogen) atoms. The van der Waals surface area contributed by atoms with Crippen LogP contribution < -0.4 is 0 Å². The van der Waals surface area contributed by atoms with Crippen LogP contribution in [0.15, 0.2) is 0 Å². The normalized spacial score (nSPS) is 35.7. The summed E-state index contributed by atoms with van der Waals surface area (Å²) in [7, 11) is 0. The molecule has 6 rings (SSSR count). The second-order valence-corrected chi connectivity index (χ2v) is 18.0. The SMILES string of the molecule is CCCOC(C)OC(=O)C(C)(CC)CC1(CC(C)(CC(C)(C)C(=O)OC23CC4CC(CC(O)(C4)C2)C3)C(=O)OC2CCOC2=O)CC(C)OC1=O. The minimum absolute atomic E-state index is 0.0166. The van der Waals surface area contributed by atoms with Crippen LogP contribution in [0.25, 0.3) is 0 Å². The lowest BCUT2D eigenvalue weighted by Crippen LogP contribution is -2.61. The van der Waals surface area contributed by atoms with E-state index in [1.807, 2.05) is 13.8 Å². The van der Waals surface area contributed by atoms with E-state index in [2.05, 4.69) is 0 Å². The van der Waals surface area contributed by atoms with Gasteiger partial charge < -0.3 is 33.5 Å². The molecule has 0 aromatic carbocycles. The fourth-order valence-corrected chi connectivity index (χ4v) is 10.5. The number of rotatable bonds is 16. The molecule has 0 aromatic rings. The fourth-order valence-electron chi connectivity index (χ4n) is 10.5. The first-order chi connectivity index (χ1) is 23.7. The van der Waals surface area contributed by atoms with Crippen LogP contribution in [0.4, 0.5) is 0 Å². The van der Waals surface area contributed by atoms with Crippen molar-refractivity contribution in [2.45, 2.75) is 169 Å². The summed E-state index contributed by atoms with van der Waals surface area (Å²) in [5.74, 6) is -2.35. The summed E-state index contributed by atoms with van der Waals surface area (Å²) >= 11 is 0. The molecule has 1 N–H and O–H groups in total. The van der Waals surface area contributed by atoms with E-state index in [-0.39, 0.29) is 38.7 Å². The van der Waals surface area contributed by atoms with E-state index >= 15 is 0 Å². The highest BCUT2D eigenvalue weighted by Crippen LogP contribution is 2.60. The van der Waals surface area contributed by atoms with Crippen LogP contribution in [0.1, 0.15) is 139 Å². The Bertz CT molecular complexity index is 1360. The van der Waals surface area contributed by atoms with Gasteiger partial charge in [-0.05, 0) is 118 Å². The summed E-state index contributed by atoms with van der Waals surface area (Å²) in [6.45, 7) is 14.6. The first-order valence-corrected chi connectivity index (χ1v) is 19.1. The van der Waals surface area contributed by atoms with Gasteiger partial charge in [0.1, 0.15) is 11.7 Å². The van der Waals surface area contributed by atoms with Crippen LogP contribution in [-0.4, -0.2) is 77.9 Å². The largest absolute Gasteiger partial charge is 0.463 e. The number of hydrogen-bond donors (Lipinski definition) is 1. The lowest BCUT2D eigenvalue weighted by atomic mass is 9.52. The molecule has 8 unspecified atom stereocenters. The summed E-state index contributed by atoms with van der Waals surface area (Å²) in [5, 5.41) is 11.3. The van der Waals surface area contributed by atoms with Crippen molar-refractivity contribution in [1.82, 2.24) is 0 Å². The quantitative estimate of drug-likeness (QED) is 0.117. The molecule has 0 amide bonds. The minimum atomic E-state index is -1.51.